The predicted octanol–water partition coefficient (Wildman–Crippen LogP) is 2.15. The Labute approximate surface area is 101 Å². The Bertz CT molecular complexity index is 380. The van der Waals surface area contributed by atoms with Crippen molar-refractivity contribution in [1.29, 1.82) is 0 Å². The number of nitro benzene ring substituents is 1. The lowest BCUT2D eigenvalue weighted by Crippen LogP contribution is -2.12. The minimum atomic E-state index is -0.396. The van der Waals surface area contributed by atoms with Crippen molar-refractivity contribution in [2.24, 2.45) is 0 Å². The van der Waals surface area contributed by atoms with Crippen molar-refractivity contribution >= 4 is 5.69 Å². The lowest BCUT2D eigenvalue weighted by atomic mass is 10.1. The molecule has 1 rings (SSSR count). The molecule has 0 bridgehead atoms. The highest BCUT2D eigenvalue weighted by Crippen LogP contribution is 2.28. The monoisotopic (exact) mass is 238 g/mol. The molecule has 0 saturated heterocycles. The lowest BCUT2D eigenvalue weighted by molar-refractivity contribution is -0.385. The van der Waals surface area contributed by atoms with Gasteiger partial charge in [-0.25, -0.2) is 0 Å². The molecule has 0 aromatic heterocycles. The van der Waals surface area contributed by atoms with Gasteiger partial charge >= 0.3 is 5.69 Å². The maximum Gasteiger partial charge on any atom is 0.311 e. The van der Waals surface area contributed by atoms with E-state index < -0.39 is 4.92 Å². The number of rotatable bonds is 7. The number of hydrogen-bond donors (Lipinski definition) is 1. The van der Waals surface area contributed by atoms with Gasteiger partial charge in [-0.3, -0.25) is 10.1 Å². The zero-order chi connectivity index (χ0) is 12.7. The fraction of sp³-hybridized carbons (Fsp3) is 0.500. The summed E-state index contributed by atoms with van der Waals surface area (Å²) < 4.78 is 5.42. The first-order chi connectivity index (χ1) is 8.19. The van der Waals surface area contributed by atoms with Crippen LogP contribution in [-0.4, -0.2) is 25.1 Å². The molecule has 0 radical (unpaired) electrons. The molecule has 1 aromatic carbocycles. The molecule has 94 valence electrons. The average Bonchev–Trinajstić information content (AvgIpc) is 2.34. The van der Waals surface area contributed by atoms with Gasteiger partial charge in [0.2, 0.25) is 0 Å². The van der Waals surface area contributed by atoms with Crippen LogP contribution in [0.25, 0.3) is 0 Å². The Morgan fingerprint density at radius 2 is 2.24 bits per heavy atom. The van der Waals surface area contributed by atoms with Crippen molar-refractivity contribution in [3.05, 3.63) is 33.9 Å². The van der Waals surface area contributed by atoms with E-state index in [1.54, 1.807) is 12.1 Å². The van der Waals surface area contributed by atoms with Crippen LogP contribution in [0.3, 0.4) is 0 Å². The van der Waals surface area contributed by atoms with Gasteiger partial charge in [-0.15, -0.1) is 0 Å². The third kappa shape index (κ3) is 4.03. The van der Waals surface area contributed by atoms with E-state index >= 15 is 0 Å². The number of nitrogens with zero attached hydrogens (tertiary/aromatic N) is 1. The zero-order valence-corrected chi connectivity index (χ0v) is 10.2. The first kappa shape index (κ1) is 13.4. The van der Waals surface area contributed by atoms with E-state index in [9.17, 15) is 10.1 Å². The van der Waals surface area contributed by atoms with Gasteiger partial charge in [0.05, 0.1) is 11.5 Å². The summed E-state index contributed by atoms with van der Waals surface area (Å²) >= 11 is 0. The number of nitro groups is 1. The second-order valence-corrected chi connectivity index (χ2v) is 3.72. The molecule has 0 atom stereocenters. The smallest absolute Gasteiger partial charge is 0.311 e. The van der Waals surface area contributed by atoms with Gasteiger partial charge in [0.25, 0.3) is 0 Å². The summed E-state index contributed by atoms with van der Waals surface area (Å²) in [6.45, 7) is 3.28. The largest absolute Gasteiger partial charge is 0.487 e. The molecule has 0 aliphatic carbocycles. The second-order valence-electron chi connectivity index (χ2n) is 3.72. The van der Waals surface area contributed by atoms with Crippen LogP contribution in [0.15, 0.2) is 18.2 Å². The molecule has 0 aliphatic heterocycles. The quantitative estimate of drug-likeness (QED) is 0.449. The third-order valence-electron chi connectivity index (χ3n) is 2.46. The Kier molecular flexibility index (Phi) is 5.42. The standard InChI is InChI=1S/C12H18N2O3/c1-3-10-5-6-12(11(9-10)14(15)16)17-8-4-7-13-2/h5-6,9,13H,3-4,7-8H2,1-2H3. The molecule has 0 unspecified atom stereocenters. The molecule has 1 N–H and O–H groups in total. The highest BCUT2D eigenvalue weighted by atomic mass is 16.6. The first-order valence-corrected chi connectivity index (χ1v) is 5.73. The molecular formula is C12H18N2O3. The topological polar surface area (TPSA) is 64.4 Å². The summed E-state index contributed by atoms with van der Waals surface area (Å²) in [5, 5.41) is 13.9. The van der Waals surface area contributed by atoms with Gasteiger partial charge in [0.1, 0.15) is 0 Å². The van der Waals surface area contributed by atoms with Crippen molar-refractivity contribution in [2.75, 3.05) is 20.2 Å². The van der Waals surface area contributed by atoms with Crippen LogP contribution >= 0.6 is 0 Å². The Morgan fingerprint density at radius 1 is 1.47 bits per heavy atom. The van der Waals surface area contributed by atoms with Crippen LogP contribution < -0.4 is 10.1 Å². The minimum absolute atomic E-state index is 0.0498. The third-order valence-corrected chi connectivity index (χ3v) is 2.46. The summed E-state index contributed by atoms with van der Waals surface area (Å²) in [4.78, 5) is 10.5. The molecule has 17 heavy (non-hydrogen) atoms. The van der Waals surface area contributed by atoms with E-state index in [1.165, 1.54) is 0 Å². The van der Waals surface area contributed by atoms with E-state index in [-0.39, 0.29) is 5.69 Å². The van der Waals surface area contributed by atoms with E-state index in [2.05, 4.69) is 5.32 Å². The summed E-state index contributed by atoms with van der Waals surface area (Å²) in [5.41, 5.74) is 0.994. The highest BCUT2D eigenvalue weighted by molar-refractivity contribution is 5.48. The van der Waals surface area contributed by atoms with E-state index in [0.717, 1.165) is 24.9 Å². The van der Waals surface area contributed by atoms with Crippen LogP contribution in [-0.2, 0) is 6.42 Å². The fourth-order valence-corrected chi connectivity index (χ4v) is 1.48. The molecule has 5 heteroatoms. The normalized spacial score (nSPS) is 10.2. The maximum atomic E-state index is 10.9. The molecular weight excluding hydrogens is 220 g/mol. The molecule has 5 nitrogen and oxygen atoms in total. The van der Waals surface area contributed by atoms with E-state index in [0.29, 0.717) is 12.4 Å². The van der Waals surface area contributed by atoms with E-state index in [1.807, 2.05) is 20.0 Å². The molecule has 0 spiro atoms. The summed E-state index contributed by atoms with van der Waals surface area (Å²) in [6.07, 6.45) is 1.60. The summed E-state index contributed by atoms with van der Waals surface area (Å²) in [6, 6.07) is 5.12. The van der Waals surface area contributed by atoms with Crippen molar-refractivity contribution < 1.29 is 9.66 Å². The number of hydrogen-bond acceptors (Lipinski definition) is 4. The summed E-state index contributed by atoms with van der Waals surface area (Å²) in [7, 11) is 1.86. The van der Waals surface area contributed by atoms with Crippen LogP contribution in [0, 0.1) is 10.1 Å². The maximum absolute atomic E-state index is 10.9. The Hall–Kier alpha value is -1.62. The first-order valence-electron chi connectivity index (χ1n) is 5.73. The Balaban J connectivity index is 2.73. The molecule has 0 fully saturated rings. The SMILES string of the molecule is CCc1ccc(OCCCNC)c([N+](=O)[O-])c1. The number of benzene rings is 1. The van der Waals surface area contributed by atoms with Crippen molar-refractivity contribution in [2.45, 2.75) is 19.8 Å². The lowest BCUT2D eigenvalue weighted by Gasteiger charge is -2.07. The van der Waals surface area contributed by atoms with Crippen LogP contribution in [0.4, 0.5) is 5.69 Å². The van der Waals surface area contributed by atoms with Gasteiger partial charge in [-0.1, -0.05) is 13.0 Å². The van der Waals surface area contributed by atoms with Crippen LogP contribution in [0.1, 0.15) is 18.9 Å². The zero-order valence-electron chi connectivity index (χ0n) is 10.2. The van der Waals surface area contributed by atoms with Crippen molar-refractivity contribution in [1.82, 2.24) is 5.32 Å². The Morgan fingerprint density at radius 3 is 2.82 bits per heavy atom. The highest BCUT2D eigenvalue weighted by Gasteiger charge is 2.15. The second kappa shape index (κ2) is 6.85. The van der Waals surface area contributed by atoms with Crippen molar-refractivity contribution in [3.63, 3.8) is 0 Å². The minimum Gasteiger partial charge on any atom is -0.487 e. The van der Waals surface area contributed by atoms with E-state index in [4.69, 9.17) is 4.74 Å². The molecule has 0 aliphatic rings. The molecule has 0 saturated carbocycles. The fourth-order valence-electron chi connectivity index (χ4n) is 1.48. The number of nitrogens with one attached hydrogen (secondary N) is 1. The van der Waals surface area contributed by atoms with Gasteiger partial charge in [0, 0.05) is 6.07 Å². The number of ether oxygens (including phenoxy) is 1. The van der Waals surface area contributed by atoms with Gasteiger partial charge < -0.3 is 10.1 Å². The summed E-state index contributed by atoms with van der Waals surface area (Å²) in [5.74, 6) is 0.350. The number of aryl methyl sites for hydroxylation is 1. The van der Waals surface area contributed by atoms with Gasteiger partial charge in [-0.2, -0.15) is 0 Å². The average molecular weight is 238 g/mol. The molecule has 1 aromatic rings. The van der Waals surface area contributed by atoms with Crippen LogP contribution in [0.5, 0.6) is 5.75 Å². The van der Waals surface area contributed by atoms with Crippen LogP contribution in [0.2, 0.25) is 0 Å². The molecule has 0 amide bonds. The molecule has 0 heterocycles. The van der Waals surface area contributed by atoms with Gasteiger partial charge in [0.15, 0.2) is 5.75 Å². The van der Waals surface area contributed by atoms with Crippen molar-refractivity contribution in [3.8, 4) is 5.75 Å². The predicted molar refractivity (Wildman–Crippen MR) is 66.5 cm³/mol. The van der Waals surface area contributed by atoms with Gasteiger partial charge in [-0.05, 0) is 38.1 Å².